The van der Waals surface area contributed by atoms with E-state index in [1.807, 2.05) is 23.6 Å². The molecule has 0 aliphatic carbocycles. The maximum Gasteiger partial charge on any atom is 0.307 e. The fraction of sp³-hybridized carbons (Fsp3) is 0.125. The average molecular weight is 168 g/mol. The molecule has 1 aromatic heterocycles. The van der Waals surface area contributed by atoms with E-state index in [9.17, 15) is 4.79 Å². The van der Waals surface area contributed by atoms with Crippen LogP contribution in [-0.2, 0) is 4.79 Å². The lowest BCUT2D eigenvalue weighted by molar-refractivity contribution is -0.135. The number of hydrogen-bond acceptors (Lipinski definition) is 2. The number of carbonyl (C=O) groups is 1. The Morgan fingerprint density at radius 1 is 1.73 bits per heavy atom. The fourth-order valence-corrected chi connectivity index (χ4v) is 1.31. The minimum Gasteiger partial charge on any atom is -0.481 e. The Kier molecular flexibility index (Phi) is 2.86. The summed E-state index contributed by atoms with van der Waals surface area (Å²) < 4.78 is 0. The third-order valence-electron chi connectivity index (χ3n) is 1.12. The summed E-state index contributed by atoms with van der Waals surface area (Å²) in [6.45, 7) is 0. The molecule has 2 nitrogen and oxygen atoms in total. The standard InChI is InChI=1S/C8H8O2S/c9-8(10)5-1-3-7-4-2-6-11-7/h1-4,6H,5H2,(H,9,10)/b3-1+. The van der Waals surface area contributed by atoms with E-state index in [2.05, 4.69) is 0 Å². The minimum absolute atomic E-state index is 0.0951. The second-order valence-corrected chi connectivity index (χ2v) is 2.99. The third-order valence-corrected chi connectivity index (χ3v) is 1.96. The molecule has 3 heteroatoms. The van der Waals surface area contributed by atoms with Gasteiger partial charge in [-0.1, -0.05) is 12.1 Å². The van der Waals surface area contributed by atoms with E-state index in [-0.39, 0.29) is 6.42 Å². The van der Waals surface area contributed by atoms with Gasteiger partial charge in [0.1, 0.15) is 0 Å². The van der Waals surface area contributed by atoms with Gasteiger partial charge in [-0.05, 0) is 17.5 Å². The van der Waals surface area contributed by atoms with Crippen molar-refractivity contribution in [2.45, 2.75) is 6.42 Å². The molecule has 58 valence electrons. The van der Waals surface area contributed by atoms with E-state index in [4.69, 9.17) is 5.11 Å². The molecule has 1 rings (SSSR count). The predicted octanol–water partition coefficient (Wildman–Crippen LogP) is 2.24. The lowest BCUT2D eigenvalue weighted by Gasteiger charge is -1.82. The summed E-state index contributed by atoms with van der Waals surface area (Å²) >= 11 is 1.59. The van der Waals surface area contributed by atoms with Crippen LogP contribution < -0.4 is 0 Å². The first-order valence-corrected chi connectivity index (χ1v) is 4.09. The van der Waals surface area contributed by atoms with Gasteiger partial charge in [-0.15, -0.1) is 11.3 Å². The summed E-state index contributed by atoms with van der Waals surface area (Å²) in [6, 6.07) is 3.88. The zero-order valence-electron chi connectivity index (χ0n) is 5.86. The highest BCUT2D eigenvalue weighted by atomic mass is 32.1. The van der Waals surface area contributed by atoms with Crippen molar-refractivity contribution >= 4 is 23.4 Å². The second kappa shape index (κ2) is 3.93. The lowest BCUT2D eigenvalue weighted by atomic mass is 10.3. The summed E-state index contributed by atoms with van der Waals surface area (Å²) in [5.74, 6) is -0.794. The Balaban J connectivity index is 2.43. The average Bonchev–Trinajstić information content (AvgIpc) is 2.39. The minimum atomic E-state index is -0.794. The van der Waals surface area contributed by atoms with Crippen LogP contribution in [0.1, 0.15) is 11.3 Å². The zero-order chi connectivity index (χ0) is 8.10. The SMILES string of the molecule is O=C(O)C/C=C/c1cccs1. The molecule has 0 unspecified atom stereocenters. The number of rotatable bonds is 3. The Bertz CT molecular complexity index is 249. The smallest absolute Gasteiger partial charge is 0.307 e. The van der Waals surface area contributed by atoms with Crippen LogP contribution >= 0.6 is 11.3 Å². The van der Waals surface area contributed by atoms with Gasteiger partial charge in [0.15, 0.2) is 0 Å². The first-order chi connectivity index (χ1) is 5.29. The van der Waals surface area contributed by atoms with E-state index >= 15 is 0 Å². The third kappa shape index (κ3) is 3.00. The normalized spacial score (nSPS) is 10.5. The van der Waals surface area contributed by atoms with Crippen molar-refractivity contribution in [3.8, 4) is 0 Å². The van der Waals surface area contributed by atoms with Crippen LogP contribution in [0.2, 0.25) is 0 Å². The van der Waals surface area contributed by atoms with E-state index in [1.165, 1.54) is 0 Å². The molecule has 0 aromatic carbocycles. The number of aliphatic carboxylic acids is 1. The highest BCUT2D eigenvalue weighted by Crippen LogP contribution is 2.10. The van der Waals surface area contributed by atoms with E-state index < -0.39 is 5.97 Å². The van der Waals surface area contributed by atoms with Gasteiger partial charge in [0.05, 0.1) is 6.42 Å². The lowest BCUT2D eigenvalue weighted by Crippen LogP contribution is -1.89. The van der Waals surface area contributed by atoms with Crippen LogP contribution in [0.15, 0.2) is 23.6 Å². The van der Waals surface area contributed by atoms with Gasteiger partial charge in [-0.3, -0.25) is 4.79 Å². The largest absolute Gasteiger partial charge is 0.481 e. The molecule has 1 heterocycles. The van der Waals surface area contributed by atoms with Crippen LogP contribution in [0, 0.1) is 0 Å². The Morgan fingerprint density at radius 2 is 2.55 bits per heavy atom. The molecule has 0 radical (unpaired) electrons. The molecule has 1 aromatic rings. The van der Waals surface area contributed by atoms with Gasteiger partial charge in [-0.25, -0.2) is 0 Å². The topological polar surface area (TPSA) is 37.3 Å². The molecule has 0 atom stereocenters. The van der Waals surface area contributed by atoms with Gasteiger partial charge in [0.25, 0.3) is 0 Å². The number of thiophene rings is 1. The first-order valence-electron chi connectivity index (χ1n) is 3.21. The van der Waals surface area contributed by atoms with Crippen LogP contribution in [0.3, 0.4) is 0 Å². The predicted molar refractivity (Wildman–Crippen MR) is 45.6 cm³/mol. The maximum absolute atomic E-state index is 10.1. The molecule has 11 heavy (non-hydrogen) atoms. The quantitative estimate of drug-likeness (QED) is 0.751. The van der Waals surface area contributed by atoms with Crippen molar-refractivity contribution in [1.29, 1.82) is 0 Å². The van der Waals surface area contributed by atoms with Crippen molar-refractivity contribution in [2.75, 3.05) is 0 Å². The van der Waals surface area contributed by atoms with Gasteiger partial charge in [-0.2, -0.15) is 0 Å². The summed E-state index contributed by atoms with van der Waals surface area (Å²) in [4.78, 5) is 11.2. The van der Waals surface area contributed by atoms with E-state index in [0.717, 1.165) is 4.88 Å². The molecule has 0 spiro atoms. The molecule has 0 saturated heterocycles. The van der Waals surface area contributed by atoms with E-state index in [0.29, 0.717) is 0 Å². The molecule has 0 bridgehead atoms. The first kappa shape index (κ1) is 8.01. The van der Waals surface area contributed by atoms with Crippen molar-refractivity contribution in [1.82, 2.24) is 0 Å². The van der Waals surface area contributed by atoms with Gasteiger partial charge < -0.3 is 5.11 Å². The monoisotopic (exact) mass is 168 g/mol. The fourth-order valence-electron chi connectivity index (χ4n) is 0.662. The summed E-state index contributed by atoms with van der Waals surface area (Å²) in [7, 11) is 0. The molecular formula is C8H8O2S. The van der Waals surface area contributed by atoms with Crippen molar-refractivity contribution in [3.05, 3.63) is 28.5 Å². The van der Waals surface area contributed by atoms with Crippen molar-refractivity contribution in [3.63, 3.8) is 0 Å². The van der Waals surface area contributed by atoms with Gasteiger partial charge in [0.2, 0.25) is 0 Å². The maximum atomic E-state index is 10.1. The van der Waals surface area contributed by atoms with Gasteiger partial charge >= 0.3 is 5.97 Å². The summed E-state index contributed by atoms with van der Waals surface area (Å²) in [6.07, 6.45) is 3.56. The molecule has 0 amide bonds. The highest BCUT2D eigenvalue weighted by Gasteiger charge is 1.89. The molecule has 1 N–H and O–H groups in total. The molecule has 0 aliphatic rings. The molecule has 0 fully saturated rings. The number of hydrogen-bond donors (Lipinski definition) is 1. The van der Waals surface area contributed by atoms with Crippen molar-refractivity contribution in [2.24, 2.45) is 0 Å². The second-order valence-electron chi connectivity index (χ2n) is 2.02. The van der Waals surface area contributed by atoms with Crippen molar-refractivity contribution < 1.29 is 9.90 Å². The highest BCUT2D eigenvalue weighted by molar-refractivity contribution is 7.10. The Morgan fingerprint density at radius 3 is 3.09 bits per heavy atom. The van der Waals surface area contributed by atoms with Crippen LogP contribution in [0.4, 0.5) is 0 Å². The Hall–Kier alpha value is -1.09. The summed E-state index contributed by atoms with van der Waals surface area (Å²) in [5.41, 5.74) is 0. The van der Waals surface area contributed by atoms with Crippen LogP contribution in [-0.4, -0.2) is 11.1 Å². The molecule has 0 aliphatic heterocycles. The summed E-state index contributed by atoms with van der Waals surface area (Å²) in [5, 5.41) is 10.3. The number of carboxylic acid groups (broad SMARTS) is 1. The van der Waals surface area contributed by atoms with E-state index in [1.54, 1.807) is 17.4 Å². The number of carboxylic acids is 1. The zero-order valence-corrected chi connectivity index (χ0v) is 6.67. The molecule has 0 saturated carbocycles. The molecular weight excluding hydrogens is 160 g/mol. The van der Waals surface area contributed by atoms with Crippen LogP contribution in [0.5, 0.6) is 0 Å². The van der Waals surface area contributed by atoms with Crippen LogP contribution in [0.25, 0.3) is 6.08 Å². The van der Waals surface area contributed by atoms with Gasteiger partial charge in [0, 0.05) is 4.88 Å². The Labute approximate surface area is 68.8 Å².